The van der Waals surface area contributed by atoms with Crippen LogP contribution in [0.15, 0.2) is 11.6 Å². The minimum Gasteiger partial charge on any atom is -0.468 e. The van der Waals surface area contributed by atoms with Crippen molar-refractivity contribution < 1.29 is 19.1 Å². The molecule has 0 saturated heterocycles. The molecule has 90 valence electrons. The number of carbonyl (C=O) groups is 2. The lowest BCUT2D eigenvalue weighted by molar-refractivity contribution is -0.160. The first-order chi connectivity index (χ1) is 7.35. The highest BCUT2D eigenvalue weighted by Crippen LogP contribution is 2.49. The van der Waals surface area contributed by atoms with Gasteiger partial charge in [0.25, 0.3) is 0 Å². The minimum absolute atomic E-state index is 0.0136. The van der Waals surface area contributed by atoms with Gasteiger partial charge in [-0.25, -0.2) is 0 Å². The lowest BCUT2D eigenvalue weighted by Gasteiger charge is -2.20. The molecule has 0 bridgehead atoms. The molecule has 0 saturated carbocycles. The average Bonchev–Trinajstić information content (AvgIpc) is 2.87. The smallest absolute Gasteiger partial charge is 0.320 e. The van der Waals surface area contributed by atoms with Crippen molar-refractivity contribution in [3.63, 3.8) is 0 Å². The molecule has 0 aromatic rings. The lowest BCUT2D eigenvalue weighted by atomic mass is 9.87. The summed E-state index contributed by atoms with van der Waals surface area (Å²) in [6.45, 7) is 5.94. The van der Waals surface area contributed by atoms with Gasteiger partial charge in [-0.1, -0.05) is 32.4 Å². The summed E-state index contributed by atoms with van der Waals surface area (Å²) in [4.78, 5) is 23.1. The van der Waals surface area contributed by atoms with Crippen LogP contribution < -0.4 is 0 Å². The number of allylic oxidation sites excluding steroid dienone is 2. The van der Waals surface area contributed by atoms with Crippen molar-refractivity contribution in [2.45, 2.75) is 20.8 Å². The van der Waals surface area contributed by atoms with Gasteiger partial charge in [-0.05, 0) is 0 Å². The fraction of sp³-hybridized carbons (Fsp3) is 0.667. The lowest BCUT2D eigenvalue weighted by Crippen LogP contribution is -2.32. The van der Waals surface area contributed by atoms with E-state index in [2.05, 4.69) is 15.5 Å². The third-order valence-corrected chi connectivity index (χ3v) is 3.08. The Balaban J connectivity index is 2.82. The molecule has 0 aliphatic heterocycles. The molecule has 0 N–H and O–H groups in total. The Morgan fingerprint density at radius 3 is 1.81 bits per heavy atom. The fourth-order valence-electron chi connectivity index (χ4n) is 2.01. The summed E-state index contributed by atoms with van der Waals surface area (Å²) in [5.41, 5.74) is 1.12. The van der Waals surface area contributed by atoms with E-state index in [4.69, 9.17) is 0 Å². The molecule has 0 radical (unpaired) electrons. The van der Waals surface area contributed by atoms with E-state index in [0.717, 1.165) is 5.57 Å². The van der Waals surface area contributed by atoms with Crippen molar-refractivity contribution in [2.75, 3.05) is 14.2 Å². The fourth-order valence-corrected chi connectivity index (χ4v) is 2.01. The highest BCUT2D eigenvalue weighted by Gasteiger charge is 2.45. The summed E-state index contributed by atoms with van der Waals surface area (Å²) in [5, 5.41) is 0. The number of methoxy groups -OCH3 is 2. The number of hydrogen-bond acceptors (Lipinski definition) is 4. The molecule has 0 fully saturated rings. The van der Waals surface area contributed by atoms with Crippen molar-refractivity contribution >= 4 is 11.9 Å². The highest BCUT2D eigenvalue weighted by atomic mass is 16.5. The number of carbonyl (C=O) groups excluding carboxylic acids is 2. The average molecular weight is 226 g/mol. The van der Waals surface area contributed by atoms with E-state index in [9.17, 15) is 9.59 Å². The Kier molecular flexibility index (Phi) is 3.41. The van der Waals surface area contributed by atoms with E-state index >= 15 is 0 Å². The molecule has 16 heavy (non-hydrogen) atoms. The van der Waals surface area contributed by atoms with Crippen molar-refractivity contribution in [1.29, 1.82) is 0 Å². The van der Waals surface area contributed by atoms with Crippen molar-refractivity contribution in [3.05, 3.63) is 11.6 Å². The Morgan fingerprint density at radius 1 is 1.19 bits per heavy atom. The largest absolute Gasteiger partial charge is 0.468 e. The highest BCUT2D eigenvalue weighted by molar-refractivity contribution is 5.95. The second-order valence-electron chi connectivity index (χ2n) is 4.63. The topological polar surface area (TPSA) is 52.6 Å². The predicted molar refractivity (Wildman–Crippen MR) is 58.6 cm³/mol. The third kappa shape index (κ3) is 2.26. The predicted octanol–water partition coefficient (Wildman–Crippen LogP) is 1.55. The molecule has 4 nitrogen and oxygen atoms in total. The van der Waals surface area contributed by atoms with Gasteiger partial charge in [0.2, 0.25) is 0 Å². The maximum Gasteiger partial charge on any atom is 0.320 e. The Hall–Kier alpha value is -1.32. The van der Waals surface area contributed by atoms with E-state index in [1.54, 1.807) is 0 Å². The second-order valence-corrected chi connectivity index (χ2v) is 4.63. The molecular weight excluding hydrogens is 208 g/mol. The number of esters is 2. The van der Waals surface area contributed by atoms with Crippen molar-refractivity contribution in [1.82, 2.24) is 0 Å². The van der Waals surface area contributed by atoms with Crippen LogP contribution in [0.4, 0.5) is 0 Å². The van der Waals surface area contributed by atoms with Crippen molar-refractivity contribution in [2.24, 2.45) is 17.3 Å². The van der Waals surface area contributed by atoms with Gasteiger partial charge in [0.1, 0.15) is 0 Å². The first-order valence-electron chi connectivity index (χ1n) is 5.24. The van der Waals surface area contributed by atoms with E-state index < -0.39 is 17.9 Å². The first-order valence-corrected chi connectivity index (χ1v) is 5.24. The van der Waals surface area contributed by atoms with Gasteiger partial charge in [-0.2, -0.15) is 0 Å². The molecule has 0 aromatic carbocycles. The Labute approximate surface area is 95.6 Å². The summed E-state index contributed by atoms with van der Waals surface area (Å²) in [6, 6.07) is 0. The standard InChI is InChI=1S/C12H18O4/c1-7(8-6-12(8,2)3)9(10(13)15-4)11(14)16-5/h6-7,9H,1-5H3. The zero-order chi connectivity index (χ0) is 12.5. The summed E-state index contributed by atoms with van der Waals surface area (Å²) in [5.74, 6) is -2.11. The zero-order valence-electron chi connectivity index (χ0n) is 10.4. The molecule has 4 heteroatoms. The number of rotatable bonds is 4. The third-order valence-electron chi connectivity index (χ3n) is 3.08. The van der Waals surface area contributed by atoms with Crippen LogP contribution >= 0.6 is 0 Å². The summed E-state index contributed by atoms with van der Waals surface area (Å²) in [7, 11) is 2.55. The molecule has 0 amide bonds. The Bertz CT molecular complexity index is 325. The van der Waals surface area contributed by atoms with Gasteiger partial charge in [0.15, 0.2) is 5.92 Å². The number of hydrogen-bond donors (Lipinski definition) is 0. The van der Waals surface area contributed by atoms with Gasteiger partial charge >= 0.3 is 11.9 Å². The van der Waals surface area contributed by atoms with Gasteiger partial charge in [-0.15, -0.1) is 0 Å². The molecule has 1 atom stereocenters. The van der Waals surface area contributed by atoms with Gasteiger partial charge in [0, 0.05) is 11.3 Å². The normalized spacial score (nSPS) is 18.8. The summed E-state index contributed by atoms with van der Waals surface area (Å²) < 4.78 is 9.27. The van der Waals surface area contributed by atoms with Crippen LogP contribution in [0.25, 0.3) is 0 Å². The Morgan fingerprint density at radius 2 is 1.56 bits per heavy atom. The zero-order valence-corrected chi connectivity index (χ0v) is 10.4. The van der Waals surface area contributed by atoms with E-state index in [-0.39, 0.29) is 11.3 Å². The molecule has 0 aromatic heterocycles. The van der Waals surface area contributed by atoms with Gasteiger partial charge in [0.05, 0.1) is 14.2 Å². The van der Waals surface area contributed by atoms with E-state index in [0.29, 0.717) is 0 Å². The van der Waals surface area contributed by atoms with Gasteiger partial charge < -0.3 is 9.47 Å². The van der Waals surface area contributed by atoms with Crippen LogP contribution in [0, 0.1) is 17.3 Å². The maximum absolute atomic E-state index is 11.5. The molecule has 1 unspecified atom stereocenters. The molecule has 0 heterocycles. The quantitative estimate of drug-likeness (QED) is 0.414. The monoisotopic (exact) mass is 226 g/mol. The second kappa shape index (κ2) is 4.28. The summed E-state index contributed by atoms with van der Waals surface area (Å²) >= 11 is 0. The van der Waals surface area contributed by atoms with Crippen molar-refractivity contribution in [3.8, 4) is 0 Å². The van der Waals surface area contributed by atoms with Crippen LogP contribution in [-0.4, -0.2) is 26.2 Å². The van der Waals surface area contributed by atoms with E-state index in [1.807, 2.05) is 20.8 Å². The van der Waals surface area contributed by atoms with Crippen LogP contribution in [-0.2, 0) is 19.1 Å². The first kappa shape index (κ1) is 12.7. The maximum atomic E-state index is 11.5. The molecule has 1 rings (SSSR count). The molecule has 0 spiro atoms. The van der Waals surface area contributed by atoms with Crippen LogP contribution in [0.2, 0.25) is 0 Å². The summed E-state index contributed by atoms with van der Waals surface area (Å²) in [6.07, 6.45) is 2.05. The number of ether oxygens (including phenoxy) is 2. The minimum atomic E-state index is -0.858. The molecule has 1 aliphatic rings. The SMILES string of the molecule is COC(=O)C(C(=O)OC)C(C)C1=CC1(C)C. The van der Waals surface area contributed by atoms with Crippen LogP contribution in [0.3, 0.4) is 0 Å². The van der Waals surface area contributed by atoms with Crippen LogP contribution in [0.5, 0.6) is 0 Å². The van der Waals surface area contributed by atoms with Gasteiger partial charge in [-0.3, -0.25) is 9.59 Å². The molecule has 1 aliphatic carbocycles. The van der Waals surface area contributed by atoms with E-state index in [1.165, 1.54) is 14.2 Å². The van der Waals surface area contributed by atoms with Crippen LogP contribution in [0.1, 0.15) is 20.8 Å². The molecular formula is C12H18O4.